The minimum absolute atomic E-state index is 0.0784. The molecule has 0 radical (unpaired) electrons. The van der Waals surface area contributed by atoms with Crippen molar-refractivity contribution in [1.82, 2.24) is 10.6 Å². The quantitative estimate of drug-likeness (QED) is 0.570. The molecule has 0 heterocycles. The van der Waals surface area contributed by atoms with Crippen molar-refractivity contribution in [3.8, 4) is 0 Å². The summed E-state index contributed by atoms with van der Waals surface area (Å²) in [6.45, 7) is 6.06. The summed E-state index contributed by atoms with van der Waals surface area (Å²) in [5, 5.41) is 5.51. The average molecular weight is 289 g/mol. The maximum absolute atomic E-state index is 11.6. The van der Waals surface area contributed by atoms with Crippen LogP contribution in [0.2, 0.25) is 0 Å². The van der Waals surface area contributed by atoms with Crippen LogP contribution in [-0.2, 0) is 9.59 Å². The lowest BCUT2D eigenvalue weighted by atomic mass is 10.1. The molecule has 0 aliphatic carbocycles. The minimum Gasteiger partial charge on any atom is -0.399 e. The molecule has 0 bridgehead atoms. The van der Waals surface area contributed by atoms with Gasteiger partial charge in [-0.15, -0.1) is 0 Å². The van der Waals surface area contributed by atoms with Crippen molar-refractivity contribution in [1.29, 1.82) is 0 Å². The van der Waals surface area contributed by atoms with Crippen LogP contribution in [0.3, 0.4) is 0 Å². The van der Waals surface area contributed by atoms with Gasteiger partial charge in [0, 0.05) is 30.3 Å². The zero-order valence-corrected chi connectivity index (χ0v) is 12.8. The molecule has 1 aromatic carbocycles. The van der Waals surface area contributed by atoms with E-state index >= 15 is 0 Å². The number of nitrogens with one attached hydrogen (secondary N) is 2. The van der Waals surface area contributed by atoms with Crippen molar-refractivity contribution >= 4 is 23.6 Å². The summed E-state index contributed by atoms with van der Waals surface area (Å²) in [7, 11) is 0. The molecule has 0 aromatic heterocycles. The predicted octanol–water partition coefficient (Wildman–Crippen LogP) is 1.70. The Hall–Kier alpha value is -2.30. The van der Waals surface area contributed by atoms with E-state index in [0.29, 0.717) is 12.2 Å². The fraction of sp³-hybridized carbons (Fsp3) is 0.375. The number of amides is 2. The van der Waals surface area contributed by atoms with Crippen LogP contribution < -0.4 is 16.4 Å². The number of nitrogen functional groups attached to an aromatic ring is 1. The Morgan fingerprint density at radius 1 is 1.19 bits per heavy atom. The normalized spacial score (nSPS) is 11.4. The Balaban J connectivity index is 2.31. The van der Waals surface area contributed by atoms with Crippen molar-refractivity contribution in [2.45, 2.75) is 32.7 Å². The highest BCUT2D eigenvalue weighted by molar-refractivity contribution is 5.92. The molecule has 1 aromatic rings. The van der Waals surface area contributed by atoms with Gasteiger partial charge in [0.25, 0.3) is 0 Å². The molecule has 4 N–H and O–H groups in total. The van der Waals surface area contributed by atoms with Gasteiger partial charge in [0.1, 0.15) is 0 Å². The number of hydrogen-bond acceptors (Lipinski definition) is 3. The maximum atomic E-state index is 11.6. The van der Waals surface area contributed by atoms with Crippen LogP contribution in [0.5, 0.6) is 0 Å². The zero-order valence-electron chi connectivity index (χ0n) is 12.8. The molecule has 5 heteroatoms. The molecule has 0 atom stereocenters. The third-order valence-corrected chi connectivity index (χ3v) is 2.53. The lowest BCUT2D eigenvalue weighted by Crippen LogP contribution is -2.41. The summed E-state index contributed by atoms with van der Waals surface area (Å²) in [5.74, 6) is -0.305. The Labute approximate surface area is 125 Å². The van der Waals surface area contributed by atoms with Crippen LogP contribution in [0, 0.1) is 0 Å². The Morgan fingerprint density at radius 3 is 2.38 bits per heavy atom. The Kier molecular flexibility index (Phi) is 5.96. The first-order valence-corrected chi connectivity index (χ1v) is 6.89. The second-order valence-electron chi connectivity index (χ2n) is 5.84. The summed E-state index contributed by atoms with van der Waals surface area (Å²) in [4.78, 5) is 23.2. The SMILES string of the molecule is CC(C)(C)NC(=O)CCNC(=O)/C=C/c1ccc(N)cc1. The first-order valence-electron chi connectivity index (χ1n) is 6.89. The second kappa shape index (κ2) is 7.47. The molecule has 1 rings (SSSR count). The van der Waals surface area contributed by atoms with E-state index in [2.05, 4.69) is 10.6 Å². The standard InChI is InChI=1S/C16H23N3O2/c1-16(2,3)19-15(21)10-11-18-14(20)9-6-12-4-7-13(17)8-5-12/h4-9H,10-11,17H2,1-3H3,(H,18,20)(H,19,21)/b9-6+. The first-order chi connectivity index (χ1) is 9.76. The van der Waals surface area contributed by atoms with E-state index in [-0.39, 0.29) is 23.8 Å². The lowest BCUT2D eigenvalue weighted by molar-refractivity contribution is -0.122. The molecule has 0 saturated carbocycles. The summed E-state index contributed by atoms with van der Waals surface area (Å²) in [6.07, 6.45) is 3.40. The average Bonchev–Trinajstić information content (AvgIpc) is 2.36. The minimum atomic E-state index is -0.254. The van der Waals surface area contributed by atoms with Gasteiger partial charge < -0.3 is 16.4 Å². The third-order valence-electron chi connectivity index (χ3n) is 2.53. The van der Waals surface area contributed by atoms with Crippen LogP contribution in [0.15, 0.2) is 30.3 Å². The van der Waals surface area contributed by atoms with Crippen molar-refractivity contribution in [3.05, 3.63) is 35.9 Å². The van der Waals surface area contributed by atoms with Crippen LogP contribution in [0.1, 0.15) is 32.8 Å². The van der Waals surface area contributed by atoms with E-state index < -0.39 is 0 Å². The molecule has 0 fully saturated rings. The molecular formula is C16H23N3O2. The van der Waals surface area contributed by atoms with Crippen molar-refractivity contribution in [2.75, 3.05) is 12.3 Å². The molecule has 0 saturated heterocycles. The maximum Gasteiger partial charge on any atom is 0.244 e. The summed E-state index contributed by atoms with van der Waals surface area (Å²) in [5.41, 5.74) is 6.90. The van der Waals surface area contributed by atoms with Gasteiger partial charge in [-0.25, -0.2) is 0 Å². The van der Waals surface area contributed by atoms with Gasteiger partial charge >= 0.3 is 0 Å². The molecule has 0 spiro atoms. The van der Waals surface area contributed by atoms with Gasteiger partial charge in [0.05, 0.1) is 0 Å². The zero-order chi connectivity index (χ0) is 15.9. The van der Waals surface area contributed by atoms with E-state index in [1.807, 2.05) is 32.9 Å². The third kappa shape index (κ3) is 7.77. The van der Waals surface area contributed by atoms with E-state index in [0.717, 1.165) is 5.56 Å². The van der Waals surface area contributed by atoms with Gasteiger partial charge in [0.15, 0.2) is 0 Å². The Morgan fingerprint density at radius 2 is 1.81 bits per heavy atom. The predicted molar refractivity (Wildman–Crippen MR) is 85.4 cm³/mol. The largest absolute Gasteiger partial charge is 0.399 e. The highest BCUT2D eigenvalue weighted by Gasteiger charge is 2.13. The number of benzene rings is 1. The number of nitrogens with two attached hydrogens (primary N) is 1. The number of rotatable bonds is 5. The molecule has 2 amide bonds. The van der Waals surface area contributed by atoms with Crippen molar-refractivity contribution in [2.24, 2.45) is 0 Å². The smallest absolute Gasteiger partial charge is 0.244 e. The fourth-order valence-corrected chi connectivity index (χ4v) is 1.62. The molecule has 0 unspecified atom stereocenters. The summed E-state index contributed by atoms with van der Waals surface area (Å²) >= 11 is 0. The van der Waals surface area contributed by atoms with E-state index in [4.69, 9.17) is 5.73 Å². The van der Waals surface area contributed by atoms with Gasteiger partial charge in [-0.3, -0.25) is 9.59 Å². The molecule has 21 heavy (non-hydrogen) atoms. The topological polar surface area (TPSA) is 84.2 Å². The van der Waals surface area contributed by atoms with Crippen LogP contribution in [0.25, 0.3) is 6.08 Å². The van der Waals surface area contributed by atoms with Gasteiger partial charge in [-0.2, -0.15) is 0 Å². The van der Waals surface area contributed by atoms with Crippen LogP contribution in [-0.4, -0.2) is 23.9 Å². The molecule has 0 aliphatic heterocycles. The van der Waals surface area contributed by atoms with Gasteiger partial charge in [-0.05, 0) is 44.5 Å². The van der Waals surface area contributed by atoms with Crippen LogP contribution >= 0.6 is 0 Å². The van der Waals surface area contributed by atoms with Crippen molar-refractivity contribution < 1.29 is 9.59 Å². The highest BCUT2D eigenvalue weighted by atomic mass is 16.2. The van der Waals surface area contributed by atoms with E-state index in [9.17, 15) is 9.59 Å². The molecule has 5 nitrogen and oxygen atoms in total. The number of carbonyl (C=O) groups is 2. The van der Waals surface area contributed by atoms with Gasteiger partial charge in [-0.1, -0.05) is 12.1 Å². The number of hydrogen-bond donors (Lipinski definition) is 3. The van der Waals surface area contributed by atoms with Crippen molar-refractivity contribution in [3.63, 3.8) is 0 Å². The first kappa shape index (κ1) is 16.8. The molecular weight excluding hydrogens is 266 g/mol. The van der Waals surface area contributed by atoms with E-state index in [1.165, 1.54) is 6.08 Å². The fourth-order valence-electron chi connectivity index (χ4n) is 1.62. The highest BCUT2D eigenvalue weighted by Crippen LogP contribution is 2.06. The number of carbonyl (C=O) groups excluding carboxylic acids is 2. The Bertz CT molecular complexity index is 513. The summed E-state index contributed by atoms with van der Waals surface area (Å²) < 4.78 is 0. The lowest BCUT2D eigenvalue weighted by Gasteiger charge is -2.20. The molecule has 114 valence electrons. The number of anilines is 1. The summed E-state index contributed by atoms with van der Waals surface area (Å²) in [6, 6.07) is 7.20. The monoisotopic (exact) mass is 289 g/mol. The van der Waals surface area contributed by atoms with Crippen LogP contribution in [0.4, 0.5) is 5.69 Å². The second-order valence-corrected chi connectivity index (χ2v) is 5.84. The molecule has 0 aliphatic rings. The van der Waals surface area contributed by atoms with E-state index in [1.54, 1.807) is 18.2 Å². The van der Waals surface area contributed by atoms with Gasteiger partial charge in [0.2, 0.25) is 11.8 Å².